The van der Waals surface area contributed by atoms with Gasteiger partial charge in [0.05, 0.1) is 6.04 Å². The summed E-state index contributed by atoms with van der Waals surface area (Å²) in [6.07, 6.45) is 3.38. The second kappa shape index (κ2) is 7.19. The standard InChI is InChI=1S/C19H21N3O4/c23-18(17-15-8-4-5-9-16(15)26-21-17)22-10-14(11-22)20-19(24)25-12-13-6-2-1-3-7-13/h1-3,6-7,14H,4-5,8-12H2,(H,20,24). The van der Waals surface area contributed by atoms with Gasteiger partial charge >= 0.3 is 6.09 Å². The summed E-state index contributed by atoms with van der Waals surface area (Å²) >= 11 is 0. The Morgan fingerprint density at radius 1 is 1.19 bits per heavy atom. The Kier molecular flexibility index (Phi) is 4.60. The van der Waals surface area contributed by atoms with E-state index in [4.69, 9.17) is 9.26 Å². The summed E-state index contributed by atoms with van der Waals surface area (Å²) in [6, 6.07) is 9.41. The zero-order valence-electron chi connectivity index (χ0n) is 14.4. The lowest BCUT2D eigenvalue weighted by Crippen LogP contribution is -2.61. The highest BCUT2D eigenvalue weighted by molar-refractivity contribution is 5.94. The normalized spacial score (nSPS) is 16.5. The van der Waals surface area contributed by atoms with E-state index in [0.29, 0.717) is 18.8 Å². The average molecular weight is 355 g/mol. The Balaban J connectivity index is 1.24. The molecule has 0 radical (unpaired) electrons. The third-order valence-electron chi connectivity index (χ3n) is 4.86. The number of carbonyl (C=O) groups is 2. The molecule has 0 spiro atoms. The van der Waals surface area contributed by atoms with Gasteiger partial charge in [0.2, 0.25) is 0 Å². The Bertz CT molecular complexity index is 796. The lowest BCUT2D eigenvalue weighted by atomic mass is 9.95. The van der Waals surface area contributed by atoms with Crippen LogP contribution in [0, 0.1) is 0 Å². The first-order valence-corrected chi connectivity index (χ1v) is 8.94. The number of benzene rings is 1. The summed E-state index contributed by atoms with van der Waals surface area (Å²) in [6.45, 7) is 1.15. The number of ether oxygens (including phenoxy) is 1. The van der Waals surface area contributed by atoms with Gasteiger partial charge in [-0.15, -0.1) is 0 Å². The van der Waals surface area contributed by atoms with Gasteiger partial charge in [-0.3, -0.25) is 4.79 Å². The van der Waals surface area contributed by atoms with E-state index < -0.39 is 6.09 Å². The average Bonchev–Trinajstić information content (AvgIpc) is 3.07. The molecule has 2 amide bonds. The number of hydrogen-bond acceptors (Lipinski definition) is 5. The highest BCUT2D eigenvalue weighted by Gasteiger charge is 2.36. The minimum atomic E-state index is -0.468. The first-order chi connectivity index (χ1) is 12.7. The Hall–Kier alpha value is -2.83. The maximum absolute atomic E-state index is 12.6. The second-order valence-electron chi connectivity index (χ2n) is 6.75. The van der Waals surface area contributed by atoms with Crippen molar-refractivity contribution in [3.05, 3.63) is 52.9 Å². The van der Waals surface area contributed by atoms with Crippen molar-refractivity contribution in [2.45, 2.75) is 38.3 Å². The number of alkyl carbamates (subject to hydrolysis) is 1. The van der Waals surface area contributed by atoms with Gasteiger partial charge in [0.15, 0.2) is 5.69 Å². The van der Waals surface area contributed by atoms with Crippen molar-refractivity contribution in [2.75, 3.05) is 13.1 Å². The number of fused-ring (bicyclic) bond motifs is 1. The van der Waals surface area contributed by atoms with E-state index in [2.05, 4.69) is 10.5 Å². The number of nitrogens with one attached hydrogen (secondary N) is 1. The molecule has 0 atom stereocenters. The fourth-order valence-corrected chi connectivity index (χ4v) is 3.37. The van der Waals surface area contributed by atoms with Crippen LogP contribution in [0.1, 0.15) is 40.2 Å². The smallest absolute Gasteiger partial charge is 0.407 e. The predicted molar refractivity (Wildman–Crippen MR) is 92.6 cm³/mol. The molecule has 1 saturated heterocycles. The van der Waals surface area contributed by atoms with E-state index in [1.54, 1.807) is 4.90 Å². The topological polar surface area (TPSA) is 84.7 Å². The van der Waals surface area contributed by atoms with Gasteiger partial charge in [-0.25, -0.2) is 4.79 Å². The van der Waals surface area contributed by atoms with Crippen LogP contribution in [0.15, 0.2) is 34.9 Å². The number of likely N-dealkylation sites (tertiary alicyclic amines) is 1. The summed E-state index contributed by atoms with van der Waals surface area (Å²) in [5, 5.41) is 6.75. The lowest BCUT2D eigenvalue weighted by Gasteiger charge is -2.38. The molecule has 4 rings (SSSR count). The zero-order valence-corrected chi connectivity index (χ0v) is 14.4. The molecular formula is C19H21N3O4. The van der Waals surface area contributed by atoms with E-state index in [0.717, 1.165) is 42.6 Å². The molecule has 2 heterocycles. The number of hydrogen-bond donors (Lipinski definition) is 1. The lowest BCUT2D eigenvalue weighted by molar-refractivity contribution is 0.0534. The number of nitrogens with zero attached hydrogens (tertiary/aromatic N) is 2. The third-order valence-corrected chi connectivity index (χ3v) is 4.86. The predicted octanol–water partition coefficient (Wildman–Crippen LogP) is 2.30. The first-order valence-electron chi connectivity index (χ1n) is 8.94. The summed E-state index contributed by atoms with van der Waals surface area (Å²) in [4.78, 5) is 26.1. The molecule has 7 heteroatoms. The number of aryl methyl sites for hydroxylation is 1. The maximum Gasteiger partial charge on any atom is 0.407 e. The quantitative estimate of drug-likeness (QED) is 0.910. The molecule has 1 aliphatic heterocycles. The molecule has 136 valence electrons. The van der Waals surface area contributed by atoms with Gasteiger partial charge < -0.3 is 19.5 Å². The van der Waals surface area contributed by atoms with Crippen LogP contribution < -0.4 is 5.32 Å². The summed E-state index contributed by atoms with van der Waals surface area (Å²) in [7, 11) is 0. The van der Waals surface area contributed by atoms with Crippen LogP contribution in [-0.4, -0.2) is 41.2 Å². The number of rotatable bonds is 4. The molecular weight excluding hydrogens is 334 g/mol. The summed E-state index contributed by atoms with van der Waals surface area (Å²) < 4.78 is 10.5. The van der Waals surface area contributed by atoms with Crippen LogP contribution >= 0.6 is 0 Å². The molecule has 1 aromatic carbocycles. The van der Waals surface area contributed by atoms with E-state index in [-0.39, 0.29) is 18.6 Å². The van der Waals surface area contributed by atoms with Gasteiger partial charge in [-0.1, -0.05) is 35.5 Å². The van der Waals surface area contributed by atoms with Gasteiger partial charge in [0.25, 0.3) is 5.91 Å². The van der Waals surface area contributed by atoms with Gasteiger partial charge in [-0.05, 0) is 24.8 Å². The number of amides is 2. The molecule has 1 aliphatic carbocycles. The van der Waals surface area contributed by atoms with E-state index in [1.165, 1.54) is 0 Å². The second-order valence-corrected chi connectivity index (χ2v) is 6.75. The van der Waals surface area contributed by atoms with Crippen LogP contribution in [-0.2, 0) is 24.2 Å². The van der Waals surface area contributed by atoms with Crippen molar-refractivity contribution in [1.29, 1.82) is 0 Å². The fourth-order valence-electron chi connectivity index (χ4n) is 3.37. The molecule has 1 N–H and O–H groups in total. The van der Waals surface area contributed by atoms with Crippen molar-refractivity contribution in [3.8, 4) is 0 Å². The van der Waals surface area contributed by atoms with Crippen molar-refractivity contribution >= 4 is 12.0 Å². The summed E-state index contributed by atoms with van der Waals surface area (Å²) in [5.41, 5.74) is 2.33. The highest BCUT2D eigenvalue weighted by Crippen LogP contribution is 2.26. The minimum Gasteiger partial charge on any atom is -0.445 e. The maximum atomic E-state index is 12.6. The van der Waals surface area contributed by atoms with Crippen molar-refractivity contribution in [2.24, 2.45) is 0 Å². The SMILES string of the molecule is O=C(NC1CN(C(=O)c2noc3c2CCCC3)C1)OCc1ccccc1. The van der Waals surface area contributed by atoms with Crippen LogP contribution in [0.5, 0.6) is 0 Å². The van der Waals surface area contributed by atoms with E-state index in [9.17, 15) is 9.59 Å². The Morgan fingerprint density at radius 2 is 1.96 bits per heavy atom. The van der Waals surface area contributed by atoms with Crippen LogP contribution in [0.3, 0.4) is 0 Å². The van der Waals surface area contributed by atoms with Crippen molar-refractivity contribution in [1.82, 2.24) is 15.4 Å². The van der Waals surface area contributed by atoms with Crippen molar-refractivity contribution < 1.29 is 18.8 Å². The first kappa shape index (κ1) is 16.6. The zero-order chi connectivity index (χ0) is 17.9. The molecule has 0 unspecified atom stereocenters. The Labute approximate surface area is 151 Å². The monoisotopic (exact) mass is 355 g/mol. The summed E-state index contributed by atoms with van der Waals surface area (Å²) in [5.74, 6) is 0.729. The fraction of sp³-hybridized carbons (Fsp3) is 0.421. The number of aromatic nitrogens is 1. The van der Waals surface area contributed by atoms with Crippen molar-refractivity contribution in [3.63, 3.8) is 0 Å². The molecule has 7 nitrogen and oxygen atoms in total. The number of carbonyl (C=O) groups excluding carboxylic acids is 2. The van der Waals surface area contributed by atoms with Gasteiger partial charge in [0, 0.05) is 25.1 Å². The van der Waals surface area contributed by atoms with Gasteiger partial charge in [-0.2, -0.15) is 0 Å². The highest BCUT2D eigenvalue weighted by atomic mass is 16.5. The molecule has 26 heavy (non-hydrogen) atoms. The van der Waals surface area contributed by atoms with Crippen LogP contribution in [0.25, 0.3) is 0 Å². The molecule has 1 fully saturated rings. The molecule has 1 aromatic heterocycles. The third kappa shape index (κ3) is 3.42. The molecule has 2 aliphatic rings. The van der Waals surface area contributed by atoms with Gasteiger partial charge in [0.1, 0.15) is 12.4 Å². The molecule has 0 bridgehead atoms. The minimum absolute atomic E-state index is 0.0926. The van der Waals surface area contributed by atoms with E-state index in [1.807, 2.05) is 30.3 Å². The Morgan fingerprint density at radius 3 is 2.77 bits per heavy atom. The van der Waals surface area contributed by atoms with E-state index >= 15 is 0 Å². The molecule has 0 saturated carbocycles. The molecule has 2 aromatic rings. The van der Waals surface area contributed by atoms with Crippen LogP contribution in [0.2, 0.25) is 0 Å². The van der Waals surface area contributed by atoms with Crippen LogP contribution in [0.4, 0.5) is 4.79 Å². The largest absolute Gasteiger partial charge is 0.445 e.